The van der Waals surface area contributed by atoms with Gasteiger partial charge < -0.3 is 10.5 Å². The summed E-state index contributed by atoms with van der Waals surface area (Å²) in [5, 5.41) is 0. The van der Waals surface area contributed by atoms with Crippen molar-refractivity contribution in [3.63, 3.8) is 0 Å². The smallest absolute Gasteiger partial charge is 0.312 e. The highest BCUT2D eigenvalue weighted by Crippen LogP contribution is 2.32. The summed E-state index contributed by atoms with van der Waals surface area (Å²) < 4.78 is 5.18. The van der Waals surface area contributed by atoms with Crippen molar-refractivity contribution in [3.8, 4) is 0 Å². The average molecular weight is 195 g/mol. The summed E-state index contributed by atoms with van der Waals surface area (Å²) in [6, 6.07) is 0.0379. The van der Waals surface area contributed by atoms with Crippen LogP contribution in [0.1, 0.15) is 25.7 Å². The number of hydrogen-bond donors (Lipinski definition) is 1. The molecule has 2 aliphatic carbocycles. The summed E-state index contributed by atoms with van der Waals surface area (Å²) in [6.07, 6.45) is 8.12. The SMILES string of the molecule is NC1C=CC(C(=O)OCCC2CC2)C1. The Morgan fingerprint density at radius 3 is 2.79 bits per heavy atom. The molecule has 0 amide bonds. The lowest BCUT2D eigenvalue weighted by molar-refractivity contribution is -0.147. The Bertz CT molecular complexity index is 246. The molecule has 2 unspecified atom stereocenters. The van der Waals surface area contributed by atoms with E-state index >= 15 is 0 Å². The lowest BCUT2D eigenvalue weighted by Crippen LogP contribution is -2.21. The molecule has 1 saturated carbocycles. The summed E-state index contributed by atoms with van der Waals surface area (Å²) in [5.74, 6) is 0.628. The van der Waals surface area contributed by atoms with Gasteiger partial charge in [-0.15, -0.1) is 0 Å². The first-order valence-electron chi connectivity index (χ1n) is 5.36. The van der Waals surface area contributed by atoms with Crippen LogP contribution in [0.25, 0.3) is 0 Å². The first kappa shape index (κ1) is 9.71. The van der Waals surface area contributed by atoms with Gasteiger partial charge in [0.25, 0.3) is 0 Å². The van der Waals surface area contributed by atoms with Crippen molar-refractivity contribution >= 4 is 5.97 Å². The van der Waals surface area contributed by atoms with Crippen LogP contribution < -0.4 is 5.73 Å². The largest absolute Gasteiger partial charge is 0.465 e. The van der Waals surface area contributed by atoms with Crippen LogP contribution in [0, 0.1) is 11.8 Å². The summed E-state index contributed by atoms with van der Waals surface area (Å²) in [5.41, 5.74) is 5.66. The van der Waals surface area contributed by atoms with Crippen LogP contribution in [0.3, 0.4) is 0 Å². The van der Waals surface area contributed by atoms with Crippen LogP contribution in [-0.4, -0.2) is 18.6 Å². The molecule has 0 heterocycles. The van der Waals surface area contributed by atoms with Gasteiger partial charge in [-0.2, -0.15) is 0 Å². The van der Waals surface area contributed by atoms with E-state index in [4.69, 9.17) is 10.5 Å². The van der Waals surface area contributed by atoms with Crippen LogP contribution in [0.5, 0.6) is 0 Å². The Kier molecular flexibility index (Phi) is 2.87. The van der Waals surface area contributed by atoms with Gasteiger partial charge in [0.15, 0.2) is 0 Å². The van der Waals surface area contributed by atoms with Gasteiger partial charge in [0, 0.05) is 6.04 Å². The minimum absolute atomic E-state index is 0.0379. The second-order valence-corrected chi connectivity index (χ2v) is 4.29. The van der Waals surface area contributed by atoms with Crippen molar-refractivity contribution in [2.75, 3.05) is 6.61 Å². The highest BCUT2D eigenvalue weighted by Gasteiger charge is 2.25. The minimum Gasteiger partial charge on any atom is -0.465 e. The fourth-order valence-corrected chi connectivity index (χ4v) is 1.74. The normalized spacial score (nSPS) is 30.6. The maximum atomic E-state index is 11.5. The number of esters is 1. The zero-order valence-electron chi connectivity index (χ0n) is 8.32. The van der Waals surface area contributed by atoms with Crippen molar-refractivity contribution in [3.05, 3.63) is 12.2 Å². The lowest BCUT2D eigenvalue weighted by atomic mass is 10.1. The lowest BCUT2D eigenvalue weighted by Gasteiger charge is -2.09. The molecule has 2 aliphatic rings. The highest BCUT2D eigenvalue weighted by molar-refractivity contribution is 5.75. The van der Waals surface area contributed by atoms with Gasteiger partial charge >= 0.3 is 5.97 Å². The molecule has 0 aromatic heterocycles. The fraction of sp³-hybridized carbons (Fsp3) is 0.727. The standard InChI is InChI=1S/C11H17NO2/c12-10-4-3-9(7-10)11(13)14-6-5-8-1-2-8/h3-4,8-10H,1-2,5-7,12H2. The average Bonchev–Trinajstić information content (AvgIpc) is 2.87. The maximum Gasteiger partial charge on any atom is 0.312 e. The molecule has 1 fully saturated rings. The Morgan fingerprint density at radius 2 is 2.21 bits per heavy atom. The third-order valence-electron chi connectivity index (χ3n) is 2.89. The van der Waals surface area contributed by atoms with E-state index < -0.39 is 0 Å². The summed E-state index contributed by atoms with van der Waals surface area (Å²) in [6.45, 7) is 0.586. The molecule has 0 saturated heterocycles. The maximum absolute atomic E-state index is 11.5. The quantitative estimate of drug-likeness (QED) is 0.542. The monoisotopic (exact) mass is 195 g/mol. The predicted molar refractivity (Wildman–Crippen MR) is 53.5 cm³/mol. The number of rotatable bonds is 4. The van der Waals surface area contributed by atoms with Crippen LogP contribution in [0.2, 0.25) is 0 Å². The van der Waals surface area contributed by atoms with Gasteiger partial charge in [0.05, 0.1) is 12.5 Å². The minimum atomic E-state index is -0.102. The molecular formula is C11H17NO2. The molecule has 3 heteroatoms. The molecule has 0 radical (unpaired) electrons. The Morgan fingerprint density at radius 1 is 1.43 bits per heavy atom. The van der Waals surface area contributed by atoms with E-state index in [9.17, 15) is 4.79 Å². The van der Waals surface area contributed by atoms with Gasteiger partial charge in [0.2, 0.25) is 0 Å². The van der Waals surface area contributed by atoms with Gasteiger partial charge in [0.1, 0.15) is 0 Å². The van der Waals surface area contributed by atoms with Crippen molar-refractivity contribution < 1.29 is 9.53 Å². The molecule has 2 rings (SSSR count). The molecule has 0 aromatic rings. The number of ether oxygens (including phenoxy) is 1. The van der Waals surface area contributed by atoms with Crippen molar-refractivity contribution in [1.29, 1.82) is 0 Å². The van der Waals surface area contributed by atoms with Crippen LogP contribution in [0.15, 0.2) is 12.2 Å². The van der Waals surface area contributed by atoms with Crippen molar-refractivity contribution in [2.24, 2.45) is 17.6 Å². The summed E-state index contributed by atoms with van der Waals surface area (Å²) >= 11 is 0. The molecule has 0 spiro atoms. The van der Waals surface area contributed by atoms with Crippen LogP contribution in [-0.2, 0) is 9.53 Å². The fourth-order valence-electron chi connectivity index (χ4n) is 1.74. The third kappa shape index (κ3) is 2.58. The van der Waals surface area contributed by atoms with Gasteiger partial charge in [-0.25, -0.2) is 0 Å². The molecular weight excluding hydrogens is 178 g/mol. The molecule has 0 aromatic carbocycles. The second-order valence-electron chi connectivity index (χ2n) is 4.29. The molecule has 2 atom stereocenters. The molecule has 0 aliphatic heterocycles. The van der Waals surface area contributed by atoms with Crippen LogP contribution >= 0.6 is 0 Å². The molecule has 3 nitrogen and oxygen atoms in total. The summed E-state index contributed by atoms with van der Waals surface area (Å²) in [4.78, 5) is 11.5. The first-order valence-corrected chi connectivity index (χ1v) is 5.36. The van der Waals surface area contributed by atoms with Crippen molar-refractivity contribution in [1.82, 2.24) is 0 Å². The van der Waals surface area contributed by atoms with Gasteiger partial charge in [-0.3, -0.25) is 4.79 Å². The molecule has 2 N–H and O–H groups in total. The van der Waals surface area contributed by atoms with E-state index in [0.717, 1.165) is 12.3 Å². The van der Waals surface area contributed by atoms with Gasteiger partial charge in [-0.05, 0) is 18.8 Å². The zero-order chi connectivity index (χ0) is 9.97. The summed E-state index contributed by atoms with van der Waals surface area (Å²) in [7, 11) is 0. The zero-order valence-corrected chi connectivity index (χ0v) is 8.32. The Labute approximate surface area is 84.3 Å². The highest BCUT2D eigenvalue weighted by atomic mass is 16.5. The number of hydrogen-bond acceptors (Lipinski definition) is 3. The number of nitrogens with two attached hydrogens (primary N) is 1. The molecule has 0 bridgehead atoms. The van der Waals surface area contributed by atoms with E-state index in [0.29, 0.717) is 13.0 Å². The third-order valence-corrected chi connectivity index (χ3v) is 2.89. The van der Waals surface area contributed by atoms with E-state index in [2.05, 4.69) is 0 Å². The van der Waals surface area contributed by atoms with Crippen molar-refractivity contribution in [2.45, 2.75) is 31.7 Å². The van der Waals surface area contributed by atoms with Crippen LogP contribution in [0.4, 0.5) is 0 Å². The van der Waals surface area contributed by atoms with E-state index in [-0.39, 0.29) is 17.9 Å². The first-order chi connectivity index (χ1) is 6.75. The Hall–Kier alpha value is -0.830. The number of carbonyl (C=O) groups excluding carboxylic acids is 1. The molecule has 78 valence electrons. The topological polar surface area (TPSA) is 52.3 Å². The Balaban J connectivity index is 1.64. The second kappa shape index (κ2) is 4.13. The van der Waals surface area contributed by atoms with E-state index in [1.54, 1.807) is 0 Å². The van der Waals surface area contributed by atoms with Gasteiger partial charge in [-0.1, -0.05) is 25.0 Å². The molecule has 14 heavy (non-hydrogen) atoms. The van der Waals surface area contributed by atoms with E-state index in [1.165, 1.54) is 12.8 Å². The van der Waals surface area contributed by atoms with E-state index in [1.807, 2.05) is 12.2 Å². The number of carbonyl (C=O) groups is 1. The predicted octanol–water partition coefficient (Wildman–Crippen LogP) is 1.23.